The summed E-state index contributed by atoms with van der Waals surface area (Å²) in [4.78, 5) is 53.6. The first-order valence-electron chi connectivity index (χ1n) is 11.8. The fraction of sp³-hybridized carbons (Fsp3) is 0.458. The highest BCUT2D eigenvalue weighted by Gasteiger charge is 2.62. The van der Waals surface area contributed by atoms with Crippen LogP contribution in [0.2, 0.25) is 0 Å². The number of non-ortho nitro benzene ring substituents is 1. The van der Waals surface area contributed by atoms with Gasteiger partial charge in [-0.05, 0) is 19.4 Å². The van der Waals surface area contributed by atoms with E-state index in [1.54, 1.807) is 6.92 Å². The maximum absolute atomic E-state index is 14.1. The Balaban J connectivity index is 1.78. The molecule has 0 aromatic heterocycles. The number of ether oxygens (including phenoxy) is 3. The molecular formula is C24H24N4O11. The molecule has 206 valence electrons. The molecule has 3 aliphatic rings. The zero-order valence-corrected chi connectivity index (χ0v) is 20.8. The van der Waals surface area contributed by atoms with Crippen LogP contribution >= 0.6 is 0 Å². The minimum atomic E-state index is -2.32. The SMILES string of the molecule is CC1=C(C(=O)OCCC#N)C(c2cccc([N+](=O)[O-])c2)C(C(=O)[C@]2(O)CO[C@@H]3[C@H](O[N+](=O)[O-])CO[C@@H]32)=C(C)N1. The number of esters is 1. The van der Waals surface area contributed by atoms with Crippen LogP contribution in [0.4, 0.5) is 5.69 Å². The number of ketones is 1. The molecule has 2 fully saturated rings. The maximum atomic E-state index is 14.1. The number of nitriles is 1. The van der Waals surface area contributed by atoms with Crippen molar-refractivity contribution < 1.29 is 43.8 Å². The minimum Gasteiger partial charge on any atom is -0.461 e. The molecule has 39 heavy (non-hydrogen) atoms. The topological polar surface area (TPSA) is 213 Å². The number of nitro groups is 1. The average Bonchev–Trinajstić information content (AvgIpc) is 3.44. The fourth-order valence-electron chi connectivity index (χ4n) is 5.11. The van der Waals surface area contributed by atoms with Crippen molar-refractivity contribution in [2.24, 2.45) is 0 Å². The number of fused-ring (bicyclic) bond motifs is 1. The smallest absolute Gasteiger partial charge is 0.336 e. The van der Waals surface area contributed by atoms with E-state index in [1.807, 2.05) is 6.07 Å². The van der Waals surface area contributed by atoms with Crippen LogP contribution in [0.1, 0.15) is 31.7 Å². The Morgan fingerprint density at radius 3 is 2.62 bits per heavy atom. The largest absolute Gasteiger partial charge is 0.461 e. The molecule has 0 bridgehead atoms. The predicted molar refractivity (Wildman–Crippen MR) is 127 cm³/mol. The molecule has 0 spiro atoms. The molecule has 0 amide bonds. The first-order valence-corrected chi connectivity index (χ1v) is 11.8. The van der Waals surface area contributed by atoms with Crippen molar-refractivity contribution in [2.75, 3.05) is 19.8 Å². The van der Waals surface area contributed by atoms with E-state index in [0.717, 1.165) is 0 Å². The van der Waals surface area contributed by atoms with E-state index in [9.17, 15) is 34.9 Å². The third-order valence-electron chi connectivity index (χ3n) is 6.77. The summed E-state index contributed by atoms with van der Waals surface area (Å²) in [6.45, 7) is 1.96. The van der Waals surface area contributed by atoms with Crippen LogP contribution in [0.15, 0.2) is 46.8 Å². The number of rotatable bonds is 9. The van der Waals surface area contributed by atoms with Crippen molar-refractivity contribution in [3.05, 3.63) is 72.6 Å². The summed E-state index contributed by atoms with van der Waals surface area (Å²) < 4.78 is 16.3. The molecule has 2 N–H and O–H groups in total. The van der Waals surface area contributed by atoms with Gasteiger partial charge >= 0.3 is 5.97 Å². The number of Topliss-reactive ketones (excluding diaryl/α,β-unsaturated/α-hetero) is 1. The number of hydrogen-bond acceptors (Lipinski definition) is 13. The van der Waals surface area contributed by atoms with Crippen LogP contribution in [0.5, 0.6) is 0 Å². The van der Waals surface area contributed by atoms with Crippen molar-refractivity contribution in [3.8, 4) is 6.07 Å². The van der Waals surface area contributed by atoms with Crippen molar-refractivity contribution in [2.45, 2.75) is 50.1 Å². The van der Waals surface area contributed by atoms with Gasteiger partial charge in [0.2, 0.25) is 0 Å². The van der Waals surface area contributed by atoms with Gasteiger partial charge in [-0.2, -0.15) is 5.26 Å². The third kappa shape index (κ3) is 5.04. The highest BCUT2D eigenvalue weighted by atomic mass is 17.0. The van der Waals surface area contributed by atoms with Crippen molar-refractivity contribution in [3.63, 3.8) is 0 Å². The summed E-state index contributed by atoms with van der Waals surface area (Å²) in [6.07, 6.45) is -3.70. The second kappa shape index (κ2) is 10.8. The highest BCUT2D eigenvalue weighted by molar-refractivity contribution is 6.08. The van der Waals surface area contributed by atoms with Crippen LogP contribution < -0.4 is 5.32 Å². The molecular weight excluding hydrogens is 520 g/mol. The normalized spacial score (nSPS) is 27.8. The first kappa shape index (κ1) is 27.6. The van der Waals surface area contributed by atoms with E-state index in [0.29, 0.717) is 5.70 Å². The summed E-state index contributed by atoms with van der Waals surface area (Å²) in [5.41, 5.74) is -2.04. The number of benzene rings is 1. The molecule has 1 aromatic carbocycles. The molecule has 0 radical (unpaired) electrons. The van der Waals surface area contributed by atoms with Gasteiger partial charge in [-0.3, -0.25) is 14.9 Å². The van der Waals surface area contributed by atoms with Crippen molar-refractivity contribution in [1.29, 1.82) is 5.26 Å². The molecule has 0 aliphatic carbocycles. The van der Waals surface area contributed by atoms with E-state index in [4.69, 9.17) is 19.5 Å². The van der Waals surface area contributed by atoms with Crippen molar-refractivity contribution in [1.82, 2.24) is 5.32 Å². The number of nitrogens with one attached hydrogen (secondary N) is 1. The van der Waals surface area contributed by atoms with E-state index in [2.05, 4.69) is 10.2 Å². The van der Waals surface area contributed by atoms with E-state index >= 15 is 0 Å². The Labute approximate surface area is 220 Å². The lowest BCUT2D eigenvalue weighted by Gasteiger charge is -2.35. The molecule has 15 nitrogen and oxygen atoms in total. The molecule has 0 saturated carbocycles. The molecule has 3 heterocycles. The lowest BCUT2D eigenvalue weighted by atomic mass is 9.74. The summed E-state index contributed by atoms with van der Waals surface area (Å²) in [5, 5.41) is 44.6. The van der Waals surface area contributed by atoms with Gasteiger partial charge in [-0.15, -0.1) is 10.1 Å². The maximum Gasteiger partial charge on any atom is 0.336 e. The molecule has 4 rings (SSSR count). The summed E-state index contributed by atoms with van der Waals surface area (Å²) in [5.74, 6) is -3.00. The summed E-state index contributed by atoms with van der Waals surface area (Å²) >= 11 is 0. The number of carbonyl (C=O) groups excluding carboxylic acids is 2. The average molecular weight is 544 g/mol. The summed E-state index contributed by atoms with van der Waals surface area (Å²) in [6, 6.07) is 7.19. The van der Waals surface area contributed by atoms with E-state index in [-0.39, 0.29) is 47.7 Å². The Bertz CT molecular complexity index is 1330. The van der Waals surface area contributed by atoms with E-state index < -0.39 is 58.2 Å². The number of aliphatic hydroxyl groups is 1. The Kier molecular flexibility index (Phi) is 7.63. The molecule has 15 heteroatoms. The van der Waals surface area contributed by atoms with Crippen LogP contribution in [-0.4, -0.2) is 70.6 Å². The van der Waals surface area contributed by atoms with Gasteiger partial charge in [0.15, 0.2) is 17.5 Å². The van der Waals surface area contributed by atoms with E-state index in [1.165, 1.54) is 31.2 Å². The Hall–Kier alpha value is -4.39. The minimum absolute atomic E-state index is 0.0524. The fourth-order valence-corrected chi connectivity index (χ4v) is 5.11. The van der Waals surface area contributed by atoms with Crippen LogP contribution in [0, 0.1) is 31.6 Å². The lowest BCUT2D eigenvalue weighted by molar-refractivity contribution is -0.769. The zero-order valence-electron chi connectivity index (χ0n) is 20.8. The predicted octanol–water partition coefficient (Wildman–Crippen LogP) is 0.961. The van der Waals surface area contributed by atoms with Crippen LogP contribution in [0.3, 0.4) is 0 Å². The Morgan fingerprint density at radius 1 is 1.23 bits per heavy atom. The number of hydrogen-bond donors (Lipinski definition) is 2. The van der Waals surface area contributed by atoms with Gasteiger partial charge < -0.3 is 29.5 Å². The molecule has 1 unspecified atom stereocenters. The van der Waals surface area contributed by atoms with Crippen molar-refractivity contribution >= 4 is 17.4 Å². The van der Waals surface area contributed by atoms with Gasteiger partial charge in [0.25, 0.3) is 10.8 Å². The zero-order chi connectivity index (χ0) is 28.5. The molecule has 3 aliphatic heterocycles. The van der Waals surface area contributed by atoms with Crippen LogP contribution in [0.25, 0.3) is 0 Å². The second-order valence-corrected chi connectivity index (χ2v) is 9.18. The molecule has 5 atom stereocenters. The number of carbonyl (C=O) groups is 2. The standard InChI is InChI=1S/C24H24N4O11/c1-12-17(21(29)24(31)11-38-20-16(39-28(34)35)10-37-22(20)24)19(14-5-3-6-15(9-14)27(32)33)18(13(2)26-12)23(30)36-8-4-7-25/h3,5-6,9,16,19-20,22,26,31H,4,8,10-11H2,1-2H3/t16-,19?,20-,22+,24-/m1/s1. The van der Waals surface area contributed by atoms with Crippen LogP contribution in [-0.2, 0) is 28.6 Å². The molecule has 2 saturated heterocycles. The third-order valence-corrected chi connectivity index (χ3v) is 6.77. The number of dihydropyridines is 1. The quantitative estimate of drug-likeness (QED) is 0.192. The van der Waals surface area contributed by atoms with Gasteiger partial charge in [-0.25, -0.2) is 4.79 Å². The molecule has 1 aromatic rings. The van der Waals surface area contributed by atoms with Gasteiger partial charge in [0.1, 0.15) is 18.8 Å². The van der Waals surface area contributed by atoms with Gasteiger partial charge in [0, 0.05) is 35.0 Å². The van der Waals surface area contributed by atoms with Gasteiger partial charge in [0.05, 0.1) is 36.2 Å². The number of allylic oxidation sites excluding steroid dienone is 2. The monoisotopic (exact) mass is 544 g/mol. The summed E-state index contributed by atoms with van der Waals surface area (Å²) in [7, 11) is 0. The van der Waals surface area contributed by atoms with Gasteiger partial charge in [-0.1, -0.05) is 12.1 Å². The highest BCUT2D eigenvalue weighted by Crippen LogP contribution is 2.45. The Morgan fingerprint density at radius 2 is 1.95 bits per heavy atom. The lowest BCUT2D eigenvalue weighted by Crippen LogP contribution is -2.53. The number of nitrogens with zero attached hydrogens (tertiary/aromatic N) is 3. The number of nitro benzene ring substituents is 1. The second-order valence-electron chi connectivity index (χ2n) is 9.18. The first-order chi connectivity index (χ1) is 18.5.